The van der Waals surface area contributed by atoms with Crippen LogP contribution >= 0.6 is 0 Å². The van der Waals surface area contributed by atoms with Crippen LogP contribution in [0.4, 0.5) is 5.69 Å². The number of carbonyl (C=O) groups is 1. The monoisotopic (exact) mass is 285 g/mol. The molecule has 0 amide bonds. The molecule has 4 heteroatoms. The lowest BCUT2D eigenvalue weighted by molar-refractivity contribution is 0.0521. The summed E-state index contributed by atoms with van der Waals surface area (Å²) in [6.07, 6.45) is 0. The standard InChI is InChI=1S/C17H19NO3/c1-3-20-17(19)15-10-14(18)8-9-16(15)21-11-13-7-5-4-6-12(13)2/h4-10H,3,11,18H2,1-2H3. The maximum absolute atomic E-state index is 11.9. The second kappa shape index (κ2) is 6.79. The molecule has 0 unspecified atom stereocenters. The minimum absolute atomic E-state index is 0.310. The SMILES string of the molecule is CCOC(=O)c1cc(N)ccc1OCc1ccccc1C. The molecule has 0 aliphatic heterocycles. The molecule has 2 rings (SSSR count). The predicted molar refractivity (Wildman–Crippen MR) is 82.3 cm³/mol. The van der Waals surface area contributed by atoms with Crippen molar-refractivity contribution in [2.75, 3.05) is 12.3 Å². The van der Waals surface area contributed by atoms with E-state index in [0.717, 1.165) is 11.1 Å². The summed E-state index contributed by atoms with van der Waals surface area (Å²) in [6, 6.07) is 12.9. The van der Waals surface area contributed by atoms with Crippen LogP contribution in [0.5, 0.6) is 5.75 Å². The Balaban J connectivity index is 2.20. The van der Waals surface area contributed by atoms with Crippen molar-refractivity contribution < 1.29 is 14.3 Å². The van der Waals surface area contributed by atoms with Crippen LogP contribution in [0.15, 0.2) is 42.5 Å². The van der Waals surface area contributed by atoms with Crippen molar-refractivity contribution in [1.82, 2.24) is 0 Å². The summed E-state index contributed by atoms with van der Waals surface area (Å²) in [5, 5.41) is 0. The van der Waals surface area contributed by atoms with E-state index in [2.05, 4.69) is 0 Å². The molecule has 0 bridgehead atoms. The van der Waals surface area contributed by atoms with Crippen LogP contribution in [-0.2, 0) is 11.3 Å². The second-order valence-electron chi connectivity index (χ2n) is 4.69. The highest BCUT2D eigenvalue weighted by Crippen LogP contribution is 2.24. The lowest BCUT2D eigenvalue weighted by Gasteiger charge is -2.12. The van der Waals surface area contributed by atoms with E-state index in [1.54, 1.807) is 25.1 Å². The first-order valence-electron chi connectivity index (χ1n) is 6.85. The first-order valence-corrected chi connectivity index (χ1v) is 6.85. The van der Waals surface area contributed by atoms with Crippen molar-refractivity contribution in [3.8, 4) is 5.75 Å². The molecule has 4 nitrogen and oxygen atoms in total. The summed E-state index contributed by atoms with van der Waals surface area (Å²) >= 11 is 0. The number of rotatable bonds is 5. The number of benzene rings is 2. The third-order valence-corrected chi connectivity index (χ3v) is 3.14. The molecule has 0 fully saturated rings. The first kappa shape index (κ1) is 14.9. The number of hydrogen-bond acceptors (Lipinski definition) is 4. The maximum atomic E-state index is 11.9. The van der Waals surface area contributed by atoms with Crippen molar-refractivity contribution >= 4 is 11.7 Å². The summed E-state index contributed by atoms with van der Waals surface area (Å²) in [5.41, 5.74) is 8.80. The van der Waals surface area contributed by atoms with E-state index in [4.69, 9.17) is 15.2 Å². The topological polar surface area (TPSA) is 61.5 Å². The second-order valence-corrected chi connectivity index (χ2v) is 4.69. The minimum atomic E-state index is -0.426. The van der Waals surface area contributed by atoms with Gasteiger partial charge >= 0.3 is 5.97 Å². The van der Waals surface area contributed by atoms with Crippen LogP contribution in [0.1, 0.15) is 28.4 Å². The Morgan fingerprint density at radius 2 is 1.95 bits per heavy atom. The van der Waals surface area contributed by atoms with Gasteiger partial charge in [0.25, 0.3) is 0 Å². The predicted octanol–water partition coefficient (Wildman–Crippen LogP) is 3.33. The van der Waals surface area contributed by atoms with Gasteiger partial charge in [-0.1, -0.05) is 24.3 Å². The number of nitrogens with two attached hydrogens (primary N) is 1. The Labute approximate surface area is 124 Å². The van der Waals surface area contributed by atoms with E-state index in [0.29, 0.717) is 30.2 Å². The quantitative estimate of drug-likeness (QED) is 0.676. The number of esters is 1. The Kier molecular flexibility index (Phi) is 4.82. The zero-order valence-corrected chi connectivity index (χ0v) is 12.3. The van der Waals surface area contributed by atoms with Gasteiger partial charge in [-0.15, -0.1) is 0 Å². The smallest absolute Gasteiger partial charge is 0.341 e. The van der Waals surface area contributed by atoms with Gasteiger partial charge < -0.3 is 15.2 Å². The normalized spacial score (nSPS) is 10.2. The summed E-state index contributed by atoms with van der Waals surface area (Å²) in [6.45, 7) is 4.49. The zero-order chi connectivity index (χ0) is 15.2. The third-order valence-electron chi connectivity index (χ3n) is 3.14. The first-order chi connectivity index (χ1) is 10.1. The molecule has 2 N–H and O–H groups in total. The Hall–Kier alpha value is -2.49. The van der Waals surface area contributed by atoms with Crippen molar-refractivity contribution in [3.63, 3.8) is 0 Å². The summed E-state index contributed by atoms with van der Waals surface area (Å²) in [4.78, 5) is 11.9. The van der Waals surface area contributed by atoms with E-state index in [1.807, 2.05) is 31.2 Å². The molecule has 0 saturated heterocycles. The molecular weight excluding hydrogens is 266 g/mol. The molecule has 2 aromatic rings. The minimum Gasteiger partial charge on any atom is -0.488 e. The van der Waals surface area contributed by atoms with Gasteiger partial charge in [-0.3, -0.25) is 0 Å². The highest BCUT2D eigenvalue weighted by atomic mass is 16.5. The third kappa shape index (κ3) is 3.75. The van der Waals surface area contributed by atoms with Gasteiger partial charge in [0.15, 0.2) is 0 Å². The van der Waals surface area contributed by atoms with E-state index in [1.165, 1.54) is 0 Å². The Morgan fingerprint density at radius 1 is 1.19 bits per heavy atom. The fourth-order valence-electron chi connectivity index (χ4n) is 1.97. The molecule has 2 aromatic carbocycles. The van der Waals surface area contributed by atoms with Crippen molar-refractivity contribution in [2.45, 2.75) is 20.5 Å². The van der Waals surface area contributed by atoms with E-state index >= 15 is 0 Å². The largest absolute Gasteiger partial charge is 0.488 e. The molecule has 0 saturated carbocycles. The number of aryl methyl sites for hydroxylation is 1. The number of ether oxygens (including phenoxy) is 2. The van der Waals surface area contributed by atoms with Gasteiger partial charge in [-0.05, 0) is 43.2 Å². The van der Waals surface area contributed by atoms with Gasteiger partial charge in [0.05, 0.1) is 6.61 Å². The lowest BCUT2D eigenvalue weighted by Crippen LogP contribution is -2.09. The highest BCUT2D eigenvalue weighted by molar-refractivity contribution is 5.93. The van der Waals surface area contributed by atoms with Crippen molar-refractivity contribution in [3.05, 3.63) is 59.2 Å². The van der Waals surface area contributed by atoms with Gasteiger partial charge in [0, 0.05) is 5.69 Å². The summed E-state index contributed by atoms with van der Waals surface area (Å²) in [7, 11) is 0. The molecule has 21 heavy (non-hydrogen) atoms. The van der Waals surface area contributed by atoms with Crippen LogP contribution in [0.2, 0.25) is 0 Å². The van der Waals surface area contributed by atoms with Crippen LogP contribution in [0.3, 0.4) is 0 Å². The zero-order valence-electron chi connectivity index (χ0n) is 12.3. The summed E-state index contributed by atoms with van der Waals surface area (Å²) < 4.78 is 10.8. The number of hydrogen-bond donors (Lipinski definition) is 1. The lowest BCUT2D eigenvalue weighted by atomic mass is 10.1. The van der Waals surface area contributed by atoms with Gasteiger partial charge in [-0.2, -0.15) is 0 Å². The van der Waals surface area contributed by atoms with Crippen LogP contribution < -0.4 is 10.5 Å². The number of carbonyl (C=O) groups excluding carboxylic acids is 1. The molecule has 0 radical (unpaired) electrons. The van der Waals surface area contributed by atoms with Crippen LogP contribution in [-0.4, -0.2) is 12.6 Å². The molecule has 110 valence electrons. The van der Waals surface area contributed by atoms with Gasteiger partial charge in [0.2, 0.25) is 0 Å². The molecule has 0 aliphatic carbocycles. The molecule has 0 heterocycles. The van der Waals surface area contributed by atoms with Gasteiger partial charge in [0.1, 0.15) is 17.9 Å². The number of anilines is 1. The average Bonchev–Trinajstić information content (AvgIpc) is 2.47. The average molecular weight is 285 g/mol. The van der Waals surface area contributed by atoms with Gasteiger partial charge in [-0.25, -0.2) is 4.79 Å². The highest BCUT2D eigenvalue weighted by Gasteiger charge is 2.14. The van der Waals surface area contributed by atoms with E-state index in [9.17, 15) is 4.79 Å². The molecule has 0 aliphatic rings. The molecule has 0 aromatic heterocycles. The van der Waals surface area contributed by atoms with E-state index in [-0.39, 0.29) is 0 Å². The Morgan fingerprint density at radius 3 is 2.67 bits per heavy atom. The van der Waals surface area contributed by atoms with E-state index < -0.39 is 5.97 Å². The fraction of sp³-hybridized carbons (Fsp3) is 0.235. The fourth-order valence-corrected chi connectivity index (χ4v) is 1.97. The molecule has 0 spiro atoms. The van der Waals surface area contributed by atoms with Crippen molar-refractivity contribution in [2.24, 2.45) is 0 Å². The maximum Gasteiger partial charge on any atom is 0.341 e. The summed E-state index contributed by atoms with van der Waals surface area (Å²) in [5.74, 6) is 0.0514. The van der Waals surface area contributed by atoms with Crippen LogP contribution in [0.25, 0.3) is 0 Å². The molecule has 0 atom stereocenters. The Bertz CT molecular complexity index is 638. The number of nitrogen functional groups attached to an aromatic ring is 1. The molecular formula is C17H19NO3. The van der Waals surface area contributed by atoms with Crippen LogP contribution in [0, 0.1) is 6.92 Å². The van der Waals surface area contributed by atoms with Crippen molar-refractivity contribution in [1.29, 1.82) is 0 Å².